The SMILES string of the molecule is O=C(NCc1ccccc1)C1=CCCC1C(=O)O. The Morgan fingerprint density at radius 3 is 2.67 bits per heavy atom. The molecule has 1 aromatic carbocycles. The van der Waals surface area contributed by atoms with Gasteiger partial charge in [0, 0.05) is 12.1 Å². The molecule has 94 valence electrons. The Morgan fingerprint density at radius 1 is 1.28 bits per heavy atom. The topological polar surface area (TPSA) is 66.4 Å². The van der Waals surface area contributed by atoms with Gasteiger partial charge in [-0.1, -0.05) is 36.4 Å². The summed E-state index contributed by atoms with van der Waals surface area (Å²) in [5, 5.41) is 11.8. The standard InChI is InChI=1S/C14H15NO3/c16-13(11-7-4-8-12(11)14(17)18)15-9-10-5-2-1-3-6-10/h1-3,5-7,12H,4,8-9H2,(H,15,16)(H,17,18). The lowest BCUT2D eigenvalue weighted by atomic mass is 10.0. The molecule has 0 aromatic heterocycles. The Labute approximate surface area is 105 Å². The predicted octanol–water partition coefficient (Wildman–Crippen LogP) is 1.72. The van der Waals surface area contributed by atoms with Crippen LogP contribution in [-0.4, -0.2) is 17.0 Å². The normalized spacial score (nSPS) is 18.2. The summed E-state index contributed by atoms with van der Waals surface area (Å²) in [6, 6.07) is 9.54. The molecule has 0 heterocycles. The first-order chi connectivity index (χ1) is 8.68. The number of amides is 1. The zero-order valence-corrected chi connectivity index (χ0v) is 9.93. The number of allylic oxidation sites excluding steroid dienone is 1. The van der Waals surface area contributed by atoms with Gasteiger partial charge in [0.05, 0.1) is 5.92 Å². The minimum Gasteiger partial charge on any atom is -0.481 e. The van der Waals surface area contributed by atoms with Gasteiger partial charge in [-0.15, -0.1) is 0 Å². The van der Waals surface area contributed by atoms with Crippen LogP contribution in [0.25, 0.3) is 0 Å². The van der Waals surface area contributed by atoms with Crippen LogP contribution in [0.3, 0.4) is 0 Å². The number of nitrogens with one attached hydrogen (secondary N) is 1. The van der Waals surface area contributed by atoms with Crippen LogP contribution in [-0.2, 0) is 16.1 Å². The Bertz CT molecular complexity index is 479. The van der Waals surface area contributed by atoms with Gasteiger partial charge in [-0.3, -0.25) is 9.59 Å². The molecule has 1 amide bonds. The lowest BCUT2D eigenvalue weighted by Crippen LogP contribution is -2.29. The van der Waals surface area contributed by atoms with E-state index in [9.17, 15) is 9.59 Å². The van der Waals surface area contributed by atoms with Crippen LogP contribution in [0.5, 0.6) is 0 Å². The maximum Gasteiger partial charge on any atom is 0.311 e. The van der Waals surface area contributed by atoms with Gasteiger partial charge in [0.2, 0.25) is 5.91 Å². The number of carboxylic acid groups (broad SMARTS) is 1. The molecule has 1 unspecified atom stereocenters. The van der Waals surface area contributed by atoms with Crippen molar-refractivity contribution in [3.63, 3.8) is 0 Å². The van der Waals surface area contributed by atoms with E-state index in [1.165, 1.54) is 0 Å². The van der Waals surface area contributed by atoms with Crippen LogP contribution in [0.15, 0.2) is 42.0 Å². The third kappa shape index (κ3) is 2.77. The number of rotatable bonds is 4. The maximum absolute atomic E-state index is 11.9. The summed E-state index contributed by atoms with van der Waals surface area (Å²) in [6.07, 6.45) is 2.90. The van der Waals surface area contributed by atoms with Crippen molar-refractivity contribution in [2.45, 2.75) is 19.4 Å². The third-order valence-corrected chi connectivity index (χ3v) is 3.05. The smallest absolute Gasteiger partial charge is 0.311 e. The van der Waals surface area contributed by atoms with Crippen LogP contribution < -0.4 is 5.32 Å². The fourth-order valence-corrected chi connectivity index (χ4v) is 2.09. The van der Waals surface area contributed by atoms with Crippen molar-refractivity contribution in [2.75, 3.05) is 0 Å². The maximum atomic E-state index is 11.9. The quantitative estimate of drug-likeness (QED) is 0.848. The van der Waals surface area contributed by atoms with E-state index in [1.807, 2.05) is 30.3 Å². The van der Waals surface area contributed by atoms with Crippen LogP contribution in [0.2, 0.25) is 0 Å². The summed E-state index contributed by atoms with van der Waals surface area (Å²) in [7, 11) is 0. The van der Waals surface area contributed by atoms with Gasteiger partial charge in [0.25, 0.3) is 0 Å². The Balaban J connectivity index is 1.94. The van der Waals surface area contributed by atoms with Crippen molar-refractivity contribution in [1.82, 2.24) is 5.32 Å². The van der Waals surface area contributed by atoms with E-state index in [4.69, 9.17) is 5.11 Å². The molecule has 0 saturated carbocycles. The molecule has 4 heteroatoms. The highest BCUT2D eigenvalue weighted by Crippen LogP contribution is 2.26. The molecule has 2 rings (SSSR count). The van der Waals surface area contributed by atoms with Gasteiger partial charge in [-0.05, 0) is 18.4 Å². The number of hydrogen-bond donors (Lipinski definition) is 2. The summed E-state index contributed by atoms with van der Waals surface area (Å²) in [6.45, 7) is 0.420. The number of carbonyl (C=O) groups excluding carboxylic acids is 1. The lowest BCUT2D eigenvalue weighted by molar-refractivity contribution is -0.141. The molecule has 2 N–H and O–H groups in total. The first-order valence-electron chi connectivity index (χ1n) is 5.93. The molecular formula is C14H15NO3. The average Bonchev–Trinajstić information content (AvgIpc) is 2.86. The zero-order chi connectivity index (χ0) is 13.0. The average molecular weight is 245 g/mol. The molecule has 1 atom stereocenters. The fraction of sp³-hybridized carbons (Fsp3) is 0.286. The first-order valence-corrected chi connectivity index (χ1v) is 5.93. The number of carbonyl (C=O) groups is 2. The molecular weight excluding hydrogens is 230 g/mol. The molecule has 0 radical (unpaired) electrons. The first kappa shape index (κ1) is 12.4. The molecule has 4 nitrogen and oxygen atoms in total. The molecule has 1 aromatic rings. The predicted molar refractivity (Wildman–Crippen MR) is 66.7 cm³/mol. The van der Waals surface area contributed by atoms with E-state index in [0.717, 1.165) is 5.56 Å². The molecule has 0 fully saturated rings. The van der Waals surface area contributed by atoms with Crippen LogP contribution in [0.4, 0.5) is 0 Å². The molecule has 0 bridgehead atoms. The van der Waals surface area contributed by atoms with Crippen molar-refractivity contribution < 1.29 is 14.7 Å². The third-order valence-electron chi connectivity index (χ3n) is 3.05. The highest BCUT2D eigenvalue weighted by Gasteiger charge is 2.30. The Kier molecular flexibility index (Phi) is 3.77. The van der Waals surface area contributed by atoms with Gasteiger partial charge in [-0.2, -0.15) is 0 Å². The fourth-order valence-electron chi connectivity index (χ4n) is 2.09. The Hall–Kier alpha value is -2.10. The van der Waals surface area contributed by atoms with Gasteiger partial charge in [0.15, 0.2) is 0 Å². The minimum atomic E-state index is -0.923. The van der Waals surface area contributed by atoms with Crippen LogP contribution >= 0.6 is 0 Å². The van der Waals surface area contributed by atoms with E-state index in [-0.39, 0.29) is 5.91 Å². The van der Waals surface area contributed by atoms with Gasteiger partial charge < -0.3 is 10.4 Å². The summed E-state index contributed by atoms with van der Waals surface area (Å²) in [4.78, 5) is 22.9. The van der Waals surface area contributed by atoms with Crippen LogP contribution in [0, 0.1) is 5.92 Å². The monoisotopic (exact) mass is 245 g/mol. The minimum absolute atomic E-state index is 0.274. The van der Waals surface area contributed by atoms with E-state index in [2.05, 4.69) is 5.32 Å². The van der Waals surface area contributed by atoms with Gasteiger partial charge in [0.1, 0.15) is 0 Å². The highest BCUT2D eigenvalue weighted by atomic mass is 16.4. The molecule has 1 aliphatic rings. The summed E-state index contributed by atoms with van der Waals surface area (Å²) < 4.78 is 0. The number of carboxylic acids is 1. The van der Waals surface area contributed by atoms with Crippen molar-refractivity contribution in [2.24, 2.45) is 5.92 Å². The van der Waals surface area contributed by atoms with Gasteiger partial charge >= 0.3 is 5.97 Å². The summed E-state index contributed by atoms with van der Waals surface area (Å²) in [5.41, 5.74) is 1.38. The molecule has 0 saturated heterocycles. The largest absolute Gasteiger partial charge is 0.481 e. The van der Waals surface area contributed by atoms with E-state index < -0.39 is 11.9 Å². The van der Waals surface area contributed by atoms with Gasteiger partial charge in [-0.25, -0.2) is 0 Å². The van der Waals surface area contributed by atoms with E-state index >= 15 is 0 Å². The summed E-state index contributed by atoms with van der Waals surface area (Å²) >= 11 is 0. The highest BCUT2D eigenvalue weighted by molar-refractivity contribution is 5.99. The molecule has 18 heavy (non-hydrogen) atoms. The van der Waals surface area contributed by atoms with E-state index in [0.29, 0.717) is 25.0 Å². The second-order valence-electron chi connectivity index (χ2n) is 4.30. The number of aliphatic carboxylic acids is 1. The Morgan fingerprint density at radius 2 is 2.00 bits per heavy atom. The second-order valence-corrected chi connectivity index (χ2v) is 4.30. The summed E-state index contributed by atoms with van der Waals surface area (Å²) in [5.74, 6) is -1.85. The molecule has 0 spiro atoms. The number of hydrogen-bond acceptors (Lipinski definition) is 2. The second kappa shape index (κ2) is 5.49. The van der Waals surface area contributed by atoms with E-state index in [1.54, 1.807) is 6.08 Å². The number of benzene rings is 1. The van der Waals surface area contributed by atoms with Crippen molar-refractivity contribution in [3.05, 3.63) is 47.5 Å². The molecule has 0 aliphatic heterocycles. The molecule has 1 aliphatic carbocycles. The van der Waals surface area contributed by atoms with Crippen molar-refractivity contribution in [3.8, 4) is 0 Å². The van der Waals surface area contributed by atoms with Crippen molar-refractivity contribution >= 4 is 11.9 Å². The van der Waals surface area contributed by atoms with Crippen LogP contribution in [0.1, 0.15) is 18.4 Å². The zero-order valence-electron chi connectivity index (χ0n) is 9.93. The van der Waals surface area contributed by atoms with Crippen molar-refractivity contribution in [1.29, 1.82) is 0 Å². The lowest BCUT2D eigenvalue weighted by Gasteiger charge is -2.10.